The van der Waals surface area contributed by atoms with E-state index in [0.717, 1.165) is 22.2 Å². The van der Waals surface area contributed by atoms with Gasteiger partial charge in [0.2, 0.25) is 0 Å². The second-order valence-electron chi connectivity index (χ2n) is 6.39. The third kappa shape index (κ3) is 2.19. The summed E-state index contributed by atoms with van der Waals surface area (Å²) >= 11 is 1.19. The SMILES string of the molecule is C[C@@H]1Cc2ccccc2N1C(=O)c1cc2c(=O)n(C)c(=O)n(C)c2s1. The lowest BCUT2D eigenvalue weighted by molar-refractivity contribution is 0.0985. The summed E-state index contributed by atoms with van der Waals surface area (Å²) in [5.74, 6) is -0.131. The molecule has 0 saturated heterocycles. The number of nitrogens with zero attached hydrogens (tertiary/aromatic N) is 3. The summed E-state index contributed by atoms with van der Waals surface area (Å²) < 4.78 is 2.48. The number of aryl methyl sites for hydroxylation is 1. The van der Waals surface area contributed by atoms with E-state index in [1.807, 2.05) is 31.2 Å². The van der Waals surface area contributed by atoms with Gasteiger partial charge in [-0.1, -0.05) is 18.2 Å². The van der Waals surface area contributed by atoms with Crippen molar-refractivity contribution in [2.45, 2.75) is 19.4 Å². The zero-order valence-electron chi connectivity index (χ0n) is 14.1. The molecule has 7 heteroatoms. The van der Waals surface area contributed by atoms with Crippen LogP contribution in [0.4, 0.5) is 5.69 Å². The van der Waals surface area contributed by atoms with Gasteiger partial charge in [-0.15, -0.1) is 11.3 Å². The lowest BCUT2D eigenvalue weighted by atomic mass is 10.1. The van der Waals surface area contributed by atoms with Crippen LogP contribution in [-0.2, 0) is 20.5 Å². The van der Waals surface area contributed by atoms with Crippen LogP contribution >= 0.6 is 11.3 Å². The van der Waals surface area contributed by atoms with Gasteiger partial charge in [-0.05, 0) is 31.0 Å². The highest BCUT2D eigenvalue weighted by atomic mass is 32.1. The fraction of sp³-hybridized carbons (Fsp3) is 0.278. The minimum Gasteiger partial charge on any atom is -0.304 e. The van der Waals surface area contributed by atoms with Gasteiger partial charge < -0.3 is 4.90 Å². The van der Waals surface area contributed by atoms with E-state index in [-0.39, 0.29) is 17.5 Å². The van der Waals surface area contributed by atoms with Crippen LogP contribution < -0.4 is 16.1 Å². The molecule has 0 saturated carbocycles. The Morgan fingerprint density at radius 3 is 2.64 bits per heavy atom. The number of benzene rings is 1. The summed E-state index contributed by atoms with van der Waals surface area (Å²) in [4.78, 5) is 40.3. The van der Waals surface area contributed by atoms with Crippen molar-refractivity contribution in [1.82, 2.24) is 9.13 Å². The summed E-state index contributed by atoms with van der Waals surface area (Å²) in [5.41, 5.74) is 1.30. The van der Waals surface area contributed by atoms with Gasteiger partial charge in [0.1, 0.15) is 4.83 Å². The number of para-hydroxylation sites is 1. The fourth-order valence-electron chi connectivity index (χ4n) is 3.46. The predicted octanol–water partition coefficient (Wildman–Crippen LogP) is 1.89. The monoisotopic (exact) mass is 355 g/mol. The Bertz CT molecular complexity index is 1140. The van der Waals surface area contributed by atoms with E-state index in [9.17, 15) is 14.4 Å². The number of thiophene rings is 1. The van der Waals surface area contributed by atoms with Crippen molar-refractivity contribution in [1.29, 1.82) is 0 Å². The maximum Gasteiger partial charge on any atom is 0.331 e. The highest BCUT2D eigenvalue weighted by Crippen LogP contribution is 2.34. The fourth-order valence-corrected chi connectivity index (χ4v) is 4.50. The Kier molecular flexibility index (Phi) is 3.43. The van der Waals surface area contributed by atoms with Gasteiger partial charge in [-0.2, -0.15) is 0 Å². The van der Waals surface area contributed by atoms with Crippen LogP contribution in [-0.4, -0.2) is 21.1 Å². The Balaban J connectivity index is 1.87. The molecular formula is C18H17N3O3S. The van der Waals surface area contributed by atoms with Gasteiger partial charge in [0.15, 0.2) is 0 Å². The molecule has 3 aromatic rings. The molecular weight excluding hydrogens is 338 g/mol. The average molecular weight is 355 g/mol. The zero-order chi connectivity index (χ0) is 17.9. The predicted molar refractivity (Wildman–Crippen MR) is 98.7 cm³/mol. The molecule has 0 bridgehead atoms. The van der Waals surface area contributed by atoms with Crippen LogP contribution in [0, 0.1) is 0 Å². The maximum absolute atomic E-state index is 13.1. The van der Waals surface area contributed by atoms with E-state index in [2.05, 4.69) is 0 Å². The first-order valence-corrected chi connectivity index (χ1v) is 8.83. The van der Waals surface area contributed by atoms with Crippen molar-refractivity contribution in [3.05, 3.63) is 61.6 Å². The van der Waals surface area contributed by atoms with Gasteiger partial charge in [-0.3, -0.25) is 18.7 Å². The summed E-state index contributed by atoms with van der Waals surface area (Å²) in [5, 5.41) is 0.401. The third-order valence-electron chi connectivity index (χ3n) is 4.76. The summed E-state index contributed by atoms with van der Waals surface area (Å²) in [6, 6.07) is 9.53. The Morgan fingerprint density at radius 2 is 1.88 bits per heavy atom. The highest BCUT2D eigenvalue weighted by molar-refractivity contribution is 7.20. The molecule has 1 aliphatic heterocycles. The Hall–Kier alpha value is -2.67. The molecule has 1 atom stereocenters. The zero-order valence-corrected chi connectivity index (χ0v) is 15.0. The summed E-state index contributed by atoms with van der Waals surface area (Å²) in [6.45, 7) is 2.01. The van der Waals surface area contributed by atoms with Gasteiger partial charge >= 0.3 is 5.69 Å². The number of hydrogen-bond acceptors (Lipinski definition) is 4. The van der Waals surface area contributed by atoms with E-state index in [0.29, 0.717) is 15.1 Å². The number of anilines is 1. The minimum absolute atomic E-state index is 0.0572. The highest BCUT2D eigenvalue weighted by Gasteiger charge is 2.32. The topological polar surface area (TPSA) is 64.3 Å². The lowest BCUT2D eigenvalue weighted by Crippen LogP contribution is -2.36. The standard InChI is InChI=1S/C18H17N3O3S/c1-10-8-11-6-4-5-7-13(11)21(10)16(23)14-9-12-15(22)19(2)18(24)20(3)17(12)25-14/h4-7,9-10H,8H2,1-3H3/t10-/m1/s1. The van der Waals surface area contributed by atoms with Crippen LogP contribution in [0.1, 0.15) is 22.2 Å². The molecule has 0 spiro atoms. The molecule has 25 heavy (non-hydrogen) atoms. The van der Waals surface area contributed by atoms with Crippen molar-refractivity contribution in [2.75, 3.05) is 4.90 Å². The van der Waals surface area contributed by atoms with Crippen LogP contribution in [0.25, 0.3) is 10.2 Å². The second-order valence-corrected chi connectivity index (χ2v) is 7.42. The van der Waals surface area contributed by atoms with Crippen molar-refractivity contribution in [2.24, 2.45) is 14.1 Å². The normalized spacial score (nSPS) is 16.4. The summed E-state index contributed by atoms with van der Waals surface area (Å²) in [7, 11) is 3.06. The van der Waals surface area contributed by atoms with Crippen molar-refractivity contribution < 1.29 is 4.79 Å². The molecule has 0 radical (unpaired) electrons. The number of hydrogen-bond donors (Lipinski definition) is 0. The summed E-state index contributed by atoms with van der Waals surface area (Å²) in [6.07, 6.45) is 0.813. The van der Waals surface area contributed by atoms with Crippen molar-refractivity contribution in [3.63, 3.8) is 0 Å². The van der Waals surface area contributed by atoms with E-state index >= 15 is 0 Å². The molecule has 0 unspecified atom stereocenters. The number of amides is 1. The maximum atomic E-state index is 13.1. The first-order chi connectivity index (χ1) is 11.9. The van der Waals surface area contributed by atoms with Crippen molar-refractivity contribution >= 4 is 33.1 Å². The average Bonchev–Trinajstić information content (AvgIpc) is 3.18. The van der Waals surface area contributed by atoms with Gasteiger partial charge in [0.05, 0.1) is 10.3 Å². The molecule has 0 aliphatic carbocycles. The first kappa shape index (κ1) is 15.8. The lowest BCUT2D eigenvalue weighted by Gasteiger charge is -2.21. The molecule has 1 aliphatic rings. The molecule has 1 amide bonds. The molecule has 6 nitrogen and oxygen atoms in total. The minimum atomic E-state index is -0.391. The van der Waals surface area contributed by atoms with Crippen LogP contribution in [0.3, 0.4) is 0 Å². The molecule has 0 N–H and O–H groups in total. The van der Waals surface area contributed by atoms with Gasteiger partial charge in [0, 0.05) is 25.8 Å². The second kappa shape index (κ2) is 5.42. The van der Waals surface area contributed by atoms with E-state index in [1.54, 1.807) is 18.0 Å². The van der Waals surface area contributed by atoms with Crippen LogP contribution in [0.5, 0.6) is 0 Å². The quantitative estimate of drug-likeness (QED) is 0.670. The molecule has 3 heterocycles. The number of carbonyl (C=O) groups excluding carboxylic acids is 1. The van der Waals surface area contributed by atoms with Gasteiger partial charge in [0.25, 0.3) is 11.5 Å². The number of rotatable bonds is 1. The first-order valence-electron chi connectivity index (χ1n) is 8.01. The largest absolute Gasteiger partial charge is 0.331 e. The number of carbonyl (C=O) groups is 1. The Labute approximate surface area is 147 Å². The number of aromatic nitrogens is 2. The van der Waals surface area contributed by atoms with Crippen LogP contribution in [0.2, 0.25) is 0 Å². The van der Waals surface area contributed by atoms with Crippen molar-refractivity contribution in [3.8, 4) is 0 Å². The van der Waals surface area contributed by atoms with E-state index in [4.69, 9.17) is 0 Å². The van der Waals surface area contributed by atoms with E-state index < -0.39 is 5.69 Å². The van der Waals surface area contributed by atoms with Crippen LogP contribution in [0.15, 0.2) is 39.9 Å². The number of fused-ring (bicyclic) bond motifs is 2. The van der Waals surface area contributed by atoms with E-state index in [1.165, 1.54) is 23.0 Å². The Morgan fingerprint density at radius 1 is 1.16 bits per heavy atom. The molecule has 2 aromatic heterocycles. The molecule has 128 valence electrons. The smallest absolute Gasteiger partial charge is 0.304 e. The molecule has 1 aromatic carbocycles. The molecule has 0 fully saturated rings. The van der Waals surface area contributed by atoms with Gasteiger partial charge in [-0.25, -0.2) is 4.79 Å². The molecule has 4 rings (SSSR count). The third-order valence-corrected chi connectivity index (χ3v) is 5.96.